The van der Waals surface area contributed by atoms with Gasteiger partial charge in [-0.1, -0.05) is 0 Å². The lowest BCUT2D eigenvalue weighted by Crippen LogP contribution is -2.57. The molecule has 1 aromatic heterocycles. The van der Waals surface area contributed by atoms with Gasteiger partial charge in [-0.2, -0.15) is 0 Å². The van der Waals surface area contributed by atoms with Gasteiger partial charge in [-0.15, -0.1) is 0 Å². The molecule has 1 unspecified atom stereocenters. The molecule has 5 heteroatoms. The Morgan fingerprint density at radius 1 is 1.35 bits per heavy atom. The summed E-state index contributed by atoms with van der Waals surface area (Å²) in [6.07, 6.45) is 3.80. The van der Waals surface area contributed by atoms with Crippen LogP contribution in [0.2, 0.25) is 0 Å². The lowest BCUT2D eigenvalue weighted by atomic mass is 9.84. The van der Waals surface area contributed by atoms with E-state index in [0.717, 1.165) is 12.1 Å². The summed E-state index contributed by atoms with van der Waals surface area (Å²) in [6.45, 7) is 3.35. The normalized spacial score (nSPS) is 28.7. The van der Waals surface area contributed by atoms with Crippen molar-refractivity contribution in [3.8, 4) is 0 Å². The number of fused-ring (bicyclic) bond motifs is 4. The number of rotatable bonds is 2. The monoisotopic (exact) mass is 271 g/mol. The molecule has 0 saturated carbocycles. The van der Waals surface area contributed by atoms with Crippen molar-refractivity contribution >= 4 is 17.0 Å². The summed E-state index contributed by atoms with van der Waals surface area (Å²) < 4.78 is 5.25. The van der Waals surface area contributed by atoms with E-state index in [0.29, 0.717) is 17.1 Å². The number of amides is 1. The molecule has 3 fully saturated rings. The standard InChI is InChI=1S/C15H17N3O2/c19-15(11-1-2-12-14(7-11)20-9-16-12)17-13-8-18-5-3-10(13)4-6-18/h1-2,7,9-10,13H,3-6,8H2,(H,17,19). The molecule has 4 heterocycles. The van der Waals surface area contributed by atoms with E-state index in [2.05, 4.69) is 15.2 Å². The minimum atomic E-state index is -0.0120. The minimum absolute atomic E-state index is 0.0120. The SMILES string of the molecule is O=C(NC1CN2CCC1CC2)c1ccc2ncoc2c1. The zero-order chi connectivity index (χ0) is 13.5. The highest BCUT2D eigenvalue weighted by molar-refractivity contribution is 5.97. The van der Waals surface area contributed by atoms with Crippen LogP contribution in [0.4, 0.5) is 0 Å². The van der Waals surface area contributed by atoms with Gasteiger partial charge in [-0.25, -0.2) is 4.98 Å². The maximum absolute atomic E-state index is 12.4. The molecule has 104 valence electrons. The molecule has 3 aliphatic heterocycles. The van der Waals surface area contributed by atoms with Crippen LogP contribution in [-0.2, 0) is 0 Å². The fraction of sp³-hybridized carbons (Fsp3) is 0.467. The first-order chi connectivity index (χ1) is 9.79. The van der Waals surface area contributed by atoms with Crippen molar-refractivity contribution < 1.29 is 9.21 Å². The van der Waals surface area contributed by atoms with E-state index >= 15 is 0 Å². The predicted octanol–water partition coefficient (Wildman–Crippen LogP) is 1.65. The van der Waals surface area contributed by atoms with Gasteiger partial charge >= 0.3 is 0 Å². The summed E-state index contributed by atoms with van der Waals surface area (Å²) in [4.78, 5) is 18.9. The van der Waals surface area contributed by atoms with Gasteiger partial charge in [-0.3, -0.25) is 4.79 Å². The number of benzene rings is 1. The largest absolute Gasteiger partial charge is 0.443 e. The molecule has 20 heavy (non-hydrogen) atoms. The third-order valence-electron chi connectivity index (χ3n) is 4.57. The second-order valence-corrected chi connectivity index (χ2v) is 5.75. The highest BCUT2D eigenvalue weighted by Gasteiger charge is 2.34. The van der Waals surface area contributed by atoms with Crippen LogP contribution in [0.25, 0.3) is 11.1 Å². The Kier molecular flexibility index (Phi) is 2.73. The van der Waals surface area contributed by atoms with Crippen molar-refractivity contribution in [3.63, 3.8) is 0 Å². The van der Waals surface area contributed by atoms with Gasteiger partial charge in [0.2, 0.25) is 0 Å². The van der Waals surface area contributed by atoms with Crippen molar-refractivity contribution in [2.45, 2.75) is 18.9 Å². The van der Waals surface area contributed by atoms with Gasteiger partial charge in [0.05, 0.1) is 0 Å². The van der Waals surface area contributed by atoms with Gasteiger partial charge in [-0.05, 0) is 50.0 Å². The lowest BCUT2D eigenvalue weighted by molar-refractivity contribution is 0.0620. The number of nitrogens with one attached hydrogen (secondary N) is 1. The Morgan fingerprint density at radius 3 is 2.95 bits per heavy atom. The fourth-order valence-electron chi connectivity index (χ4n) is 3.38. The van der Waals surface area contributed by atoms with E-state index in [4.69, 9.17) is 4.42 Å². The van der Waals surface area contributed by atoms with Crippen LogP contribution in [0.1, 0.15) is 23.2 Å². The third-order valence-corrected chi connectivity index (χ3v) is 4.57. The van der Waals surface area contributed by atoms with Crippen LogP contribution in [0.15, 0.2) is 29.0 Å². The number of oxazole rings is 1. The number of hydrogen-bond acceptors (Lipinski definition) is 4. The van der Waals surface area contributed by atoms with Crippen molar-refractivity contribution in [1.82, 2.24) is 15.2 Å². The van der Waals surface area contributed by atoms with E-state index in [1.807, 2.05) is 12.1 Å². The van der Waals surface area contributed by atoms with Crippen LogP contribution >= 0.6 is 0 Å². The van der Waals surface area contributed by atoms with Gasteiger partial charge in [0.15, 0.2) is 12.0 Å². The Bertz CT molecular complexity index is 643. The van der Waals surface area contributed by atoms with E-state index in [1.54, 1.807) is 6.07 Å². The third kappa shape index (κ3) is 1.98. The molecule has 0 aliphatic carbocycles. The predicted molar refractivity (Wildman–Crippen MR) is 74.4 cm³/mol. The molecule has 3 aliphatic rings. The summed E-state index contributed by atoms with van der Waals surface area (Å²) in [6, 6.07) is 5.68. The highest BCUT2D eigenvalue weighted by Crippen LogP contribution is 2.27. The van der Waals surface area contributed by atoms with Crippen molar-refractivity contribution in [2.75, 3.05) is 19.6 Å². The molecule has 5 rings (SSSR count). The van der Waals surface area contributed by atoms with Gasteiger partial charge < -0.3 is 14.6 Å². The van der Waals surface area contributed by atoms with Crippen LogP contribution < -0.4 is 5.32 Å². The molecule has 1 amide bonds. The van der Waals surface area contributed by atoms with Crippen LogP contribution in [0.5, 0.6) is 0 Å². The van der Waals surface area contributed by atoms with Gasteiger partial charge in [0.25, 0.3) is 5.91 Å². The van der Waals surface area contributed by atoms with E-state index < -0.39 is 0 Å². The second kappa shape index (κ2) is 4.59. The number of hydrogen-bond donors (Lipinski definition) is 1. The molecule has 2 aromatic rings. The summed E-state index contributed by atoms with van der Waals surface area (Å²) in [5.74, 6) is 0.625. The first-order valence-electron chi connectivity index (χ1n) is 7.16. The van der Waals surface area contributed by atoms with E-state index in [1.165, 1.54) is 32.3 Å². The molecule has 1 atom stereocenters. The van der Waals surface area contributed by atoms with Crippen LogP contribution in [-0.4, -0.2) is 41.5 Å². The lowest BCUT2D eigenvalue weighted by Gasteiger charge is -2.44. The summed E-state index contributed by atoms with van der Waals surface area (Å²) >= 11 is 0. The van der Waals surface area contributed by atoms with Gasteiger partial charge in [0.1, 0.15) is 5.52 Å². The average molecular weight is 271 g/mol. The van der Waals surface area contributed by atoms with Crippen LogP contribution in [0.3, 0.4) is 0 Å². The van der Waals surface area contributed by atoms with E-state index in [9.17, 15) is 4.79 Å². The summed E-state index contributed by atoms with van der Waals surface area (Å²) in [7, 11) is 0. The molecule has 3 saturated heterocycles. The van der Waals surface area contributed by atoms with E-state index in [-0.39, 0.29) is 11.9 Å². The zero-order valence-electron chi connectivity index (χ0n) is 11.2. The number of nitrogens with zero attached hydrogens (tertiary/aromatic N) is 2. The van der Waals surface area contributed by atoms with Gasteiger partial charge in [0, 0.05) is 18.2 Å². The molecule has 5 nitrogen and oxygen atoms in total. The summed E-state index contributed by atoms with van der Waals surface area (Å²) in [5.41, 5.74) is 2.08. The number of piperidine rings is 3. The first kappa shape index (κ1) is 11.9. The average Bonchev–Trinajstić information content (AvgIpc) is 2.96. The Labute approximate surface area is 117 Å². The van der Waals surface area contributed by atoms with Crippen LogP contribution in [0, 0.1) is 5.92 Å². The number of aromatic nitrogens is 1. The minimum Gasteiger partial charge on any atom is -0.443 e. The molecular formula is C15H17N3O2. The maximum atomic E-state index is 12.4. The Morgan fingerprint density at radius 2 is 2.20 bits per heavy atom. The Balaban J connectivity index is 1.52. The quantitative estimate of drug-likeness (QED) is 0.902. The van der Waals surface area contributed by atoms with Crippen molar-refractivity contribution in [2.24, 2.45) is 5.92 Å². The summed E-state index contributed by atoms with van der Waals surface area (Å²) in [5, 5.41) is 3.18. The zero-order valence-corrected chi connectivity index (χ0v) is 11.2. The number of carbonyl (C=O) groups excluding carboxylic acids is 1. The fourth-order valence-corrected chi connectivity index (χ4v) is 3.38. The van der Waals surface area contributed by atoms with Crippen molar-refractivity contribution in [3.05, 3.63) is 30.2 Å². The molecule has 1 aromatic carbocycles. The first-order valence-corrected chi connectivity index (χ1v) is 7.16. The molecule has 0 radical (unpaired) electrons. The molecule has 1 N–H and O–H groups in total. The Hall–Kier alpha value is -1.88. The smallest absolute Gasteiger partial charge is 0.251 e. The maximum Gasteiger partial charge on any atom is 0.251 e. The number of carbonyl (C=O) groups is 1. The highest BCUT2D eigenvalue weighted by atomic mass is 16.3. The topological polar surface area (TPSA) is 58.4 Å². The van der Waals surface area contributed by atoms with Crippen molar-refractivity contribution in [1.29, 1.82) is 0 Å². The molecule has 0 spiro atoms. The molecule has 2 bridgehead atoms. The second-order valence-electron chi connectivity index (χ2n) is 5.75. The molecular weight excluding hydrogens is 254 g/mol.